The van der Waals surface area contributed by atoms with Gasteiger partial charge in [-0.3, -0.25) is 4.79 Å². The lowest BCUT2D eigenvalue weighted by Gasteiger charge is -2.00. The number of hydrogen-bond donors (Lipinski definition) is 0. The van der Waals surface area contributed by atoms with Gasteiger partial charge in [-0.1, -0.05) is 84.1 Å². The first-order valence-corrected chi connectivity index (χ1v) is 9.45. The van der Waals surface area contributed by atoms with Crippen molar-refractivity contribution in [3.05, 3.63) is 102 Å². The molecule has 0 saturated heterocycles. The number of Topliss-reactive ketones (excluding diaryl/α,β-unsaturated/α-hetero) is 1. The Morgan fingerprint density at radius 1 is 0.857 bits per heavy atom. The van der Waals surface area contributed by atoms with Crippen LogP contribution in [0.15, 0.2) is 91.0 Å². The van der Waals surface area contributed by atoms with Crippen LogP contribution in [0, 0.1) is 11.8 Å². The predicted octanol–water partition coefficient (Wildman–Crippen LogP) is 4.81. The van der Waals surface area contributed by atoms with Gasteiger partial charge in [0, 0.05) is 23.6 Å². The van der Waals surface area contributed by atoms with Gasteiger partial charge in [0.25, 0.3) is 0 Å². The van der Waals surface area contributed by atoms with E-state index in [0.29, 0.717) is 0 Å². The van der Waals surface area contributed by atoms with Crippen molar-refractivity contribution in [3.8, 4) is 0 Å². The van der Waals surface area contributed by atoms with Crippen molar-refractivity contribution < 1.29 is 4.79 Å². The Morgan fingerprint density at radius 3 is 2.32 bits per heavy atom. The van der Waals surface area contributed by atoms with Crippen molar-refractivity contribution in [1.82, 2.24) is 15.0 Å². The second-order valence-electron chi connectivity index (χ2n) is 7.13. The van der Waals surface area contributed by atoms with Gasteiger partial charge >= 0.3 is 0 Å². The Kier molecular flexibility index (Phi) is 4.09. The number of allylic oxidation sites excluding steroid dienone is 1. The number of hydrogen-bond acceptors (Lipinski definition) is 3. The molecule has 1 aromatic heterocycles. The van der Waals surface area contributed by atoms with Gasteiger partial charge in [0.2, 0.25) is 0 Å². The lowest BCUT2D eigenvalue weighted by molar-refractivity contribution is 0.0961. The van der Waals surface area contributed by atoms with Gasteiger partial charge in [0.05, 0.1) is 5.52 Å². The highest BCUT2D eigenvalue weighted by Crippen LogP contribution is 2.56. The monoisotopic (exact) mass is 365 g/mol. The maximum Gasteiger partial charge on any atom is 0.167 e. The first kappa shape index (κ1) is 16.6. The number of rotatable bonds is 5. The molecule has 1 fully saturated rings. The van der Waals surface area contributed by atoms with Crippen LogP contribution in [0.25, 0.3) is 17.2 Å². The van der Waals surface area contributed by atoms with E-state index >= 15 is 0 Å². The number of para-hydroxylation sites is 1. The van der Waals surface area contributed by atoms with E-state index in [9.17, 15) is 4.79 Å². The van der Waals surface area contributed by atoms with Gasteiger partial charge in [-0.2, -0.15) is 0 Å². The van der Waals surface area contributed by atoms with Gasteiger partial charge in [0.15, 0.2) is 5.78 Å². The van der Waals surface area contributed by atoms with E-state index in [-0.39, 0.29) is 23.5 Å². The van der Waals surface area contributed by atoms with Crippen LogP contribution in [0.3, 0.4) is 0 Å². The van der Waals surface area contributed by atoms with E-state index in [0.717, 1.165) is 16.6 Å². The molecule has 0 spiro atoms. The lowest BCUT2D eigenvalue weighted by Crippen LogP contribution is -2.03. The second-order valence-corrected chi connectivity index (χ2v) is 7.13. The average molecular weight is 365 g/mol. The normalized spacial score (nSPS) is 21.2. The first-order valence-electron chi connectivity index (χ1n) is 9.45. The van der Waals surface area contributed by atoms with E-state index in [1.807, 2.05) is 79.0 Å². The molecule has 1 aliphatic rings. The van der Waals surface area contributed by atoms with Crippen molar-refractivity contribution in [2.45, 2.75) is 5.92 Å². The summed E-state index contributed by atoms with van der Waals surface area (Å²) in [6.07, 6.45) is 4.04. The summed E-state index contributed by atoms with van der Waals surface area (Å²) in [5.41, 5.74) is 3.80. The van der Waals surface area contributed by atoms with Crippen LogP contribution >= 0.6 is 0 Å². The topological polar surface area (TPSA) is 47.8 Å². The molecule has 4 heteroatoms. The van der Waals surface area contributed by atoms with Crippen LogP contribution in [-0.4, -0.2) is 20.8 Å². The average Bonchev–Trinajstić information content (AvgIpc) is 3.34. The summed E-state index contributed by atoms with van der Waals surface area (Å²) in [6.45, 7) is 0. The molecule has 4 nitrogen and oxygen atoms in total. The first-order chi connectivity index (χ1) is 13.8. The molecule has 5 rings (SSSR count). The molecule has 28 heavy (non-hydrogen) atoms. The quantitative estimate of drug-likeness (QED) is 0.477. The molecular formula is C24H19N3O. The minimum Gasteiger partial charge on any atom is -0.294 e. The Bertz CT molecular complexity index is 1150. The second kappa shape index (κ2) is 6.89. The maximum absolute atomic E-state index is 13.1. The zero-order valence-electron chi connectivity index (χ0n) is 15.2. The number of benzene rings is 3. The van der Waals surface area contributed by atoms with Crippen molar-refractivity contribution >= 4 is 23.0 Å². The summed E-state index contributed by atoms with van der Waals surface area (Å²) in [6, 6.07) is 27.7. The summed E-state index contributed by atoms with van der Waals surface area (Å²) >= 11 is 0. The minimum absolute atomic E-state index is 0.0455. The van der Waals surface area contributed by atoms with Crippen LogP contribution in [-0.2, 0) is 0 Å². The summed E-state index contributed by atoms with van der Waals surface area (Å²) in [7, 11) is 0. The summed E-state index contributed by atoms with van der Waals surface area (Å²) in [4.78, 5) is 13.1. The molecule has 1 aliphatic carbocycles. The largest absolute Gasteiger partial charge is 0.294 e. The van der Waals surface area contributed by atoms with E-state index in [1.54, 1.807) is 4.68 Å². The van der Waals surface area contributed by atoms with Crippen LogP contribution in [0.1, 0.15) is 21.8 Å². The zero-order valence-corrected chi connectivity index (χ0v) is 15.2. The van der Waals surface area contributed by atoms with Gasteiger partial charge in [-0.05, 0) is 23.6 Å². The highest BCUT2D eigenvalue weighted by Gasteiger charge is 2.53. The van der Waals surface area contributed by atoms with Gasteiger partial charge < -0.3 is 0 Å². The fourth-order valence-corrected chi connectivity index (χ4v) is 3.99. The van der Waals surface area contributed by atoms with E-state index in [1.165, 1.54) is 5.56 Å². The van der Waals surface area contributed by atoms with Crippen molar-refractivity contribution in [2.75, 3.05) is 0 Å². The fraction of sp³-hybridized carbons (Fsp3) is 0.125. The Balaban J connectivity index is 1.46. The third kappa shape index (κ3) is 2.93. The van der Waals surface area contributed by atoms with Gasteiger partial charge in [-0.25, -0.2) is 4.68 Å². The lowest BCUT2D eigenvalue weighted by atomic mass is 10.0. The third-order valence-electron chi connectivity index (χ3n) is 5.45. The van der Waals surface area contributed by atoms with Crippen molar-refractivity contribution in [2.24, 2.45) is 11.8 Å². The number of carbonyl (C=O) groups excluding carboxylic acids is 1. The van der Waals surface area contributed by atoms with Gasteiger partial charge in [-0.15, -0.1) is 5.10 Å². The molecule has 3 aromatic carbocycles. The molecule has 0 N–H and O–H groups in total. The number of ketones is 1. The molecule has 3 unspecified atom stereocenters. The van der Waals surface area contributed by atoms with Crippen LogP contribution in [0.4, 0.5) is 0 Å². The molecule has 0 radical (unpaired) electrons. The highest BCUT2D eigenvalue weighted by molar-refractivity contribution is 6.01. The molecule has 3 atom stereocenters. The zero-order chi connectivity index (χ0) is 18.9. The predicted molar refractivity (Wildman–Crippen MR) is 110 cm³/mol. The molecule has 0 amide bonds. The van der Waals surface area contributed by atoms with E-state index in [4.69, 9.17) is 0 Å². The molecule has 136 valence electrons. The SMILES string of the molecule is O=C(c1ccccc1)C1C(/C=C\n2nnc3ccccc32)C1c1ccccc1. The van der Waals surface area contributed by atoms with Gasteiger partial charge in [0.1, 0.15) is 5.52 Å². The van der Waals surface area contributed by atoms with Crippen LogP contribution < -0.4 is 0 Å². The highest BCUT2D eigenvalue weighted by atomic mass is 16.1. The summed E-state index contributed by atoms with van der Waals surface area (Å²) in [5.74, 6) is 0.501. The van der Waals surface area contributed by atoms with Crippen LogP contribution in [0.5, 0.6) is 0 Å². The Labute approximate surface area is 163 Å². The molecular weight excluding hydrogens is 346 g/mol. The molecule has 1 saturated carbocycles. The number of fused-ring (bicyclic) bond motifs is 1. The molecule has 4 aromatic rings. The fourth-order valence-electron chi connectivity index (χ4n) is 3.99. The maximum atomic E-state index is 13.1. The van der Waals surface area contributed by atoms with Crippen molar-refractivity contribution in [1.29, 1.82) is 0 Å². The summed E-state index contributed by atoms with van der Waals surface area (Å²) < 4.78 is 1.78. The van der Waals surface area contributed by atoms with Crippen LogP contribution in [0.2, 0.25) is 0 Å². The number of aromatic nitrogens is 3. The smallest absolute Gasteiger partial charge is 0.167 e. The standard InChI is InChI=1S/C24H19N3O/c28-24(18-11-5-2-6-12-18)23-19(22(23)17-9-3-1-4-10-17)15-16-27-21-14-8-7-13-20(21)25-26-27/h1-16,19,22-23H/b16-15-. The molecule has 0 aliphatic heterocycles. The Hall–Kier alpha value is -3.53. The Morgan fingerprint density at radius 2 is 1.54 bits per heavy atom. The summed E-state index contributed by atoms with van der Waals surface area (Å²) in [5, 5.41) is 8.41. The number of carbonyl (C=O) groups is 1. The van der Waals surface area contributed by atoms with Crippen molar-refractivity contribution in [3.63, 3.8) is 0 Å². The molecule has 0 bridgehead atoms. The van der Waals surface area contributed by atoms with E-state index in [2.05, 4.69) is 28.5 Å². The molecule has 1 heterocycles. The number of nitrogens with zero attached hydrogens (tertiary/aromatic N) is 3. The van der Waals surface area contributed by atoms with E-state index < -0.39 is 0 Å². The minimum atomic E-state index is -0.0455. The third-order valence-corrected chi connectivity index (χ3v) is 5.45.